The SMILES string of the molecule is CNC[C@H]1CC[C@@H]2C[C@@]34[C@@H](O)[C@@H]5C=C[C@H]6C[C@]5(C)C[C@](O)(C6)[C@@H]3C[C@@]43CCC[C@H]3[C@H]2N1. The normalized spacial score (nSPS) is 63.4. The topological polar surface area (TPSA) is 64.5 Å². The highest BCUT2D eigenvalue weighted by Crippen LogP contribution is 2.82. The average molecular weight is 427 g/mol. The molecular formula is C27H42N2O2. The van der Waals surface area contributed by atoms with E-state index in [4.69, 9.17) is 0 Å². The van der Waals surface area contributed by atoms with Crippen molar-refractivity contribution in [3.05, 3.63) is 12.2 Å². The van der Waals surface area contributed by atoms with Gasteiger partial charge < -0.3 is 20.8 Å². The standard InChI is InChI=1S/C27H42N2O2/c1-24-10-16-5-8-20(24)23(30)27-12-17-6-7-18(14-28-2)29-22(17)19-4-3-9-25(19,27)13-21(27)26(31,11-16)15-24/h5,8,16-23,28-31H,3-4,6-7,9-15H2,1-2H3/t16-,17+,18+,19-,20-,21-,22-,23-,24+,25+,26+,27-/m0/s1. The fourth-order valence-electron chi connectivity index (χ4n) is 11.6. The van der Waals surface area contributed by atoms with Crippen molar-refractivity contribution >= 4 is 0 Å². The molecule has 1 saturated heterocycles. The Morgan fingerprint density at radius 2 is 1.97 bits per heavy atom. The lowest BCUT2D eigenvalue weighted by Gasteiger charge is -2.75. The number of nitrogens with one attached hydrogen (secondary N) is 2. The zero-order valence-electron chi connectivity index (χ0n) is 19.4. The van der Waals surface area contributed by atoms with Crippen LogP contribution in [0.25, 0.3) is 0 Å². The van der Waals surface area contributed by atoms with Crippen molar-refractivity contribution in [2.24, 2.45) is 45.8 Å². The average Bonchev–Trinajstić information content (AvgIpc) is 3.16. The van der Waals surface area contributed by atoms with Gasteiger partial charge in [0.1, 0.15) is 0 Å². The van der Waals surface area contributed by atoms with E-state index < -0.39 is 5.60 Å². The van der Waals surface area contributed by atoms with Crippen LogP contribution >= 0.6 is 0 Å². The molecule has 1 aliphatic heterocycles. The highest BCUT2D eigenvalue weighted by molar-refractivity contribution is 5.33. The number of fused-ring (bicyclic) bond motifs is 5. The van der Waals surface area contributed by atoms with E-state index in [1.165, 1.54) is 38.5 Å². The van der Waals surface area contributed by atoms with Gasteiger partial charge in [-0.3, -0.25) is 0 Å². The molecule has 6 aliphatic carbocycles. The minimum atomic E-state index is -0.569. The van der Waals surface area contributed by atoms with Crippen molar-refractivity contribution in [1.29, 1.82) is 0 Å². The maximum Gasteiger partial charge on any atom is 0.0693 e. The maximum atomic E-state index is 12.4. The molecule has 172 valence electrons. The molecule has 4 nitrogen and oxygen atoms in total. The predicted molar refractivity (Wildman–Crippen MR) is 121 cm³/mol. The Morgan fingerprint density at radius 1 is 1.10 bits per heavy atom. The zero-order chi connectivity index (χ0) is 21.2. The van der Waals surface area contributed by atoms with E-state index >= 15 is 0 Å². The van der Waals surface area contributed by atoms with Crippen molar-refractivity contribution < 1.29 is 10.2 Å². The predicted octanol–water partition coefficient (Wildman–Crippen LogP) is 3.24. The molecule has 0 unspecified atom stereocenters. The largest absolute Gasteiger partial charge is 0.392 e. The molecule has 7 aliphatic rings. The van der Waals surface area contributed by atoms with Crippen LogP contribution in [-0.2, 0) is 0 Å². The van der Waals surface area contributed by atoms with Crippen molar-refractivity contribution in [1.82, 2.24) is 10.6 Å². The summed E-state index contributed by atoms with van der Waals surface area (Å²) in [6, 6.07) is 1.21. The van der Waals surface area contributed by atoms with Crippen LogP contribution < -0.4 is 10.6 Å². The van der Waals surface area contributed by atoms with Gasteiger partial charge in [0, 0.05) is 30.0 Å². The summed E-state index contributed by atoms with van der Waals surface area (Å²) in [5, 5.41) is 32.1. The molecule has 4 N–H and O–H groups in total. The summed E-state index contributed by atoms with van der Waals surface area (Å²) in [6.07, 6.45) is 16.2. The lowest BCUT2D eigenvalue weighted by Crippen LogP contribution is -2.76. The van der Waals surface area contributed by atoms with Gasteiger partial charge in [-0.2, -0.15) is 0 Å². The minimum absolute atomic E-state index is 0.0619. The van der Waals surface area contributed by atoms with Gasteiger partial charge in [-0.05, 0) is 99.3 Å². The summed E-state index contributed by atoms with van der Waals surface area (Å²) in [5.74, 6) is 2.39. The molecule has 3 bridgehead atoms. The summed E-state index contributed by atoms with van der Waals surface area (Å²) in [5.41, 5.74) is -0.317. The molecule has 0 aromatic carbocycles. The summed E-state index contributed by atoms with van der Waals surface area (Å²) < 4.78 is 0. The third-order valence-electron chi connectivity index (χ3n) is 12.2. The number of aliphatic hydroxyl groups is 2. The van der Waals surface area contributed by atoms with Crippen LogP contribution in [0.4, 0.5) is 0 Å². The second-order valence-corrected chi connectivity index (χ2v) is 13.4. The number of hydrogen-bond donors (Lipinski definition) is 4. The van der Waals surface area contributed by atoms with Gasteiger partial charge in [-0.1, -0.05) is 25.5 Å². The highest BCUT2D eigenvalue weighted by Gasteiger charge is 2.81. The fourth-order valence-corrected chi connectivity index (χ4v) is 11.6. The van der Waals surface area contributed by atoms with Crippen LogP contribution in [-0.4, -0.2) is 47.6 Å². The fraction of sp³-hybridized carbons (Fsp3) is 0.926. The van der Waals surface area contributed by atoms with E-state index in [0.29, 0.717) is 35.8 Å². The van der Waals surface area contributed by atoms with Crippen LogP contribution in [0, 0.1) is 45.8 Å². The molecule has 12 atom stereocenters. The molecule has 7 rings (SSSR count). The second-order valence-electron chi connectivity index (χ2n) is 13.4. The van der Waals surface area contributed by atoms with Gasteiger partial charge >= 0.3 is 0 Å². The molecule has 4 heteroatoms. The third-order valence-corrected chi connectivity index (χ3v) is 12.2. The molecular weight excluding hydrogens is 384 g/mol. The van der Waals surface area contributed by atoms with Gasteiger partial charge in [0.05, 0.1) is 11.7 Å². The Balaban J connectivity index is 1.34. The summed E-state index contributed by atoms with van der Waals surface area (Å²) in [4.78, 5) is 0. The first-order valence-corrected chi connectivity index (χ1v) is 13.3. The molecule has 31 heavy (non-hydrogen) atoms. The maximum absolute atomic E-state index is 12.4. The number of aliphatic hydroxyl groups excluding tert-OH is 1. The van der Waals surface area contributed by atoms with E-state index in [1.807, 2.05) is 0 Å². The first kappa shape index (κ1) is 20.0. The van der Waals surface area contributed by atoms with Gasteiger partial charge in [0.25, 0.3) is 0 Å². The molecule has 5 saturated carbocycles. The van der Waals surface area contributed by atoms with Gasteiger partial charge in [0.15, 0.2) is 0 Å². The van der Waals surface area contributed by atoms with Gasteiger partial charge in [0.2, 0.25) is 0 Å². The summed E-state index contributed by atoms with van der Waals surface area (Å²) in [6.45, 7) is 3.45. The Morgan fingerprint density at radius 3 is 2.81 bits per heavy atom. The lowest BCUT2D eigenvalue weighted by atomic mass is 9.30. The van der Waals surface area contributed by atoms with Crippen LogP contribution in [0.15, 0.2) is 12.2 Å². The molecule has 6 fully saturated rings. The number of likely N-dealkylation sites (N-methyl/N-ethyl adjacent to an activating group) is 1. The van der Waals surface area contributed by atoms with Gasteiger partial charge in [-0.15, -0.1) is 0 Å². The Bertz CT molecular complexity index is 815. The molecule has 0 aromatic heterocycles. The summed E-state index contributed by atoms with van der Waals surface area (Å²) >= 11 is 0. The first-order valence-electron chi connectivity index (χ1n) is 13.3. The van der Waals surface area contributed by atoms with E-state index in [1.54, 1.807) is 0 Å². The van der Waals surface area contributed by atoms with E-state index in [-0.39, 0.29) is 28.3 Å². The number of rotatable bonds is 2. The van der Waals surface area contributed by atoms with Crippen molar-refractivity contribution in [3.63, 3.8) is 0 Å². The Labute approximate surface area is 187 Å². The quantitative estimate of drug-likeness (QED) is 0.512. The number of hydrogen-bond acceptors (Lipinski definition) is 4. The third kappa shape index (κ3) is 2.22. The Hall–Kier alpha value is -0.420. The van der Waals surface area contributed by atoms with Crippen molar-refractivity contribution in [3.8, 4) is 0 Å². The van der Waals surface area contributed by atoms with E-state index in [2.05, 4.69) is 36.8 Å². The van der Waals surface area contributed by atoms with E-state index in [9.17, 15) is 10.2 Å². The molecule has 2 spiro atoms. The first-order chi connectivity index (χ1) is 14.9. The van der Waals surface area contributed by atoms with Crippen LogP contribution in [0.3, 0.4) is 0 Å². The number of allylic oxidation sites excluding steroid dienone is 1. The zero-order valence-corrected chi connectivity index (χ0v) is 19.4. The van der Waals surface area contributed by atoms with E-state index in [0.717, 1.165) is 32.2 Å². The highest BCUT2D eigenvalue weighted by atomic mass is 16.3. The Kier molecular flexibility index (Phi) is 3.98. The molecule has 0 radical (unpaired) electrons. The molecule has 0 aromatic rings. The molecule has 1 heterocycles. The van der Waals surface area contributed by atoms with Crippen molar-refractivity contribution in [2.75, 3.05) is 13.6 Å². The smallest absolute Gasteiger partial charge is 0.0693 e. The van der Waals surface area contributed by atoms with Gasteiger partial charge in [-0.25, -0.2) is 0 Å². The second kappa shape index (κ2) is 6.17. The minimum Gasteiger partial charge on any atom is -0.392 e. The molecule has 0 amide bonds. The number of piperidine rings is 1. The van der Waals surface area contributed by atoms with Crippen LogP contribution in [0.1, 0.15) is 71.1 Å². The monoisotopic (exact) mass is 426 g/mol. The van der Waals surface area contributed by atoms with Crippen LogP contribution in [0.2, 0.25) is 0 Å². The van der Waals surface area contributed by atoms with Crippen molar-refractivity contribution in [2.45, 2.75) is 94.9 Å². The van der Waals surface area contributed by atoms with Crippen LogP contribution in [0.5, 0.6) is 0 Å². The summed E-state index contributed by atoms with van der Waals surface area (Å²) in [7, 11) is 2.07. The lowest BCUT2D eigenvalue weighted by molar-refractivity contribution is -0.307.